The van der Waals surface area contributed by atoms with Crippen LogP contribution < -0.4 is 4.72 Å². The predicted molar refractivity (Wildman–Crippen MR) is 102 cm³/mol. The van der Waals surface area contributed by atoms with Crippen LogP contribution in [0.3, 0.4) is 0 Å². The third kappa shape index (κ3) is 5.05. The number of carbonyl (C=O) groups excluding carboxylic acids is 1. The molecule has 0 spiro atoms. The number of hydrogen-bond acceptors (Lipinski definition) is 5. The lowest BCUT2D eigenvalue weighted by Gasteiger charge is -2.35. The number of carbonyl (C=O) groups is 1. The molecule has 0 bridgehead atoms. The molecule has 9 nitrogen and oxygen atoms in total. The van der Waals surface area contributed by atoms with E-state index in [1.807, 2.05) is 0 Å². The standard InChI is InChI=1S/C16H26N4O5S2/c1-13(2)17-26(22,23)15-7-5-6-14(12-15)16(21)19-8-10-20(11-9-19)27(24,25)18(3)4/h5-7,12-13,17H,8-11H2,1-4H3. The number of benzene rings is 1. The van der Waals surface area contributed by atoms with Crippen LogP contribution in [0.15, 0.2) is 29.2 Å². The Labute approximate surface area is 161 Å². The van der Waals surface area contributed by atoms with Crippen molar-refractivity contribution in [3.63, 3.8) is 0 Å². The fraction of sp³-hybridized carbons (Fsp3) is 0.562. The van der Waals surface area contributed by atoms with Crippen LogP contribution in [-0.2, 0) is 20.2 Å². The van der Waals surface area contributed by atoms with Gasteiger partial charge in [-0.25, -0.2) is 13.1 Å². The minimum Gasteiger partial charge on any atom is -0.336 e. The second kappa shape index (κ2) is 8.23. The van der Waals surface area contributed by atoms with Crippen molar-refractivity contribution >= 4 is 26.1 Å². The summed E-state index contributed by atoms with van der Waals surface area (Å²) >= 11 is 0. The minimum atomic E-state index is -3.70. The third-order valence-corrected chi connectivity index (χ3v) is 7.69. The second-order valence-electron chi connectivity index (χ2n) is 6.79. The van der Waals surface area contributed by atoms with Crippen LogP contribution in [0, 0.1) is 0 Å². The number of nitrogens with one attached hydrogen (secondary N) is 1. The normalized spacial score (nSPS) is 16.9. The van der Waals surface area contributed by atoms with Gasteiger partial charge in [0.25, 0.3) is 16.1 Å². The molecule has 27 heavy (non-hydrogen) atoms. The van der Waals surface area contributed by atoms with E-state index in [4.69, 9.17) is 0 Å². The Balaban J connectivity index is 2.13. The van der Waals surface area contributed by atoms with Gasteiger partial charge < -0.3 is 4.90 Å². The Morgan fingerprint density at radius 1 is 1.07 bits per heavy atom. The molecule has 1 aromatic rings. The van der Waals surface area contributed by atoms with Gasteiger partial charge in [0.1, 0.15) is 0 Å². The van der Waals surface area contributed by atoms with E-state index in [0.717, 1.165) is 4.31 Å². The van der Waals surface area contributed by atoms with Crippen molar-refractivity contribution in [1.82, 2.24) is 18.2 Å². The SMILES string of the molecule is CC(C)NS(=O)(=O)c1cccc(C(=O)N2CCN(S(=O)(=O)N(C)C)CC2)c1. The maximum Gasteiger partial charge on any atom is 0.281 e. The first-order chi connectivity index (χ1) is 12.4. The van der Waals surface area contributed by atoms with Gasteiger partial charge in [0.15, 0.2) is 0 Å². The van der Waals surface area contributed by atoms with Crippen LogP contribution in [0.1, 0.15) is 24.2 Å². The molecule has 1 N–H and O–H groups in total. The highest BCUT2D eigenvalue weighted by molar-refractivity contribution is 7.89. The fourth-order valence-electron chi connectivity index (χ4n) is 2.71. The lowest BCUT2D eigenvalue weighted by Crippen LogP contribution is -2.53. The van der Waals surface area contributed by atoms with Gasteiger partial charge in [-0.3, -0.25) is 4.79 Å². The second-order valence-corrected chi connectivity index (χ2v) is 10.6. The summed E-state index contributed by atoms with van der Waals surface area (Å²) in [4.78, 5) is 14.3. The molecule has 1 fully saturated rings. The first-order valence-electron chi connectivity index (χ1n) is 8.54. The van der Waals surface area contributed by atoms with E-state index in [2.05, 4.69) is 4.72 Å². The van der Waals surface area contributed by atoms with Crippen LogP contribution in [0.2, 0.25) is 0 Å². The highest BCUT2D eigenvalue weighted by Crippen LogP contribution is 2.16. The number of rotatable bonds is 6. The predicted octanol–water partition coefficient (Wildman–Crippen LogP) is -0.0625. The summed E-state index contributed by atoms with van der Waals surface area (Å²) in [6.45, 7) is 4.31. The van der Waals surface area contributed by atoms with E-state index in [1.165, 1.54) is 41.5 Å². The van der Waals surface area contributed by atoms with Gasteiger partial charge >= 0.3 is 0 Å². The number of amides is 1. The first-order valence-corrected chi connectivity index (χ1v) is 11.4. The van der Waals surface area contributed by atoms with Crippen molar-refractivity contribution in [2.24, 2.45) is 0 Å². The van der Waals surface area contributed by atoms with Crippen molar-refractivity contribution in [2.45, 2.75) is 24.8 Å². The van der Waals surface area contributed by atoms with Crippen LogP contribution in [0.5, 0.6) is 0 Å². The lowest BCUT2D eigenvalue weighted by atomic mass is 10.2. The molecular weight excluding hydrogens is 392 g/mol. The largest absolute Gasteiger partial charge is 0.336 e. The van der Waals surface area contributed by atoms with E-state index in [0.29, 0.717) is 0 Å². The third-order valence-electron chi connectivity index (χ3n) is 4.10. The lowest BCUT2D eigenvalue weighted by molar-refractivity contribution is 0.0695. The van der Waals surface area contributed by atoms with E-state index < -0.39 is 20.2 Å². The Bertz CT molecular complexity index is 889. The molecule has 1 heterocycles. The molecule has 1 aliphatic rings. The van der Waals surface area contributed by atoms with Gasteiger partial charge in [-0.15, -0.1) is 0 Å². The quantitative estimate of drug-likeness (QED) is 0.696. The molecule has 1 amide bonds. The number of sulfonamides is 1. The Morgan fingerprint density at radius 3 is 2.19 bits per heavy atom. The fourth-order valence-corrected chi connectivity index (χ4v) is 5.09. The Kier molecular flexibility index (Phi) is 6.63. The maximum atomic E-state index is 12.7. The van der Waals surface area contributed by atoms with E-state index in [9.17, 15) is 21.6 Å². The summed E-state index contributed by atoms with van der Waals surface area (Å²) < 4.78 is 53.8. The first kappa shape index (κ1) is 21.8. The van der Waals surface area contributed by atoms with Crippen LogP contribution in [-0.4, -0.2) is 82.6 Å². The number of nitrogens with zero attached hydrogens (tertiary/aromatic N) is 3. The summed E-state index contributed by atoms with van der Waals surface area (Å²) in [5, 5.41) is 0. The van der Waals surface area contributed by atoms with Gasteiger partial charge in [-0.05, 0) is 32.0 Å². The summed E-state index contributed by atoms with van der Waals surface area (Å²) in [5.74, 6) is -0.321. The molecule has 152 valence electrons. The summed E-state index contributed by atoms with van der Waals surface area (Å²) in [6, 6.07) is 5.59. The van der Waals surface area contributed by atoms with Crippen LogP contribution in [0.4, 0.5) is 0 Å². The number of hydrogen-bond donors (Lipinski definition) is 1. The summed E-state index contributed by atoms with van der Waals surface area (Å²) in [7, 11) is -4.28. The van der Waals surface area contributed by atoms with Crippen molar-refractivity contribution in [3.05, 3.63) is 29.8 Å². The van der Waals surface area contributed by atoms with E-state index in [1.54, 1.807) is 19.9 Å². The summed E-state index contributed by atoms with van der Waals surface area (Å²) in [6.07, 6.45) is 0. The van der Waals surface area contributed by atoms with Gasteiger partial charge in [0, 0.05) is 51.9 Å². The zero-order valence-electron chi connectivity index (χ0n) is 15.9. The van der Waals surface area contributed by atoms with Crippen LogP contribution >= 0.6 is 0 Å². The molecule has 1 aromatic carbocycles. The highest BCUT2D eigenvalue weighted by atomic mass is 32.2. The smallest absolute Gasteiger partial charge is 0.281 e. The Hall–Kier alpha value is -1.53. The van der Waals surface area contributed by atoms with E-state index >= 15 is 0 Å². The molecule has 1 saturated heterocycles. The molecular formula is C16H26N4O5S2. The van der Waals surface area contributed by atoms with Gasteiger partial charge in [0.05, 0.1) is 4.90 Å². The molecule has 0 aliphatic carbocycles. The molecule has 11 heteroatoms. The van der Waals surface area contributed by atoms with Crippen LogP contribution in [0.25, 0.3) is 0 Å². The van der Waals surface area contributed by atoms with Gasteiger partial charge in [-0.1, -0.05) is 6.07 Å². The molecule has 1 aliphatic heterocycles. The van der Waals surface area contributed by atoms with E-state index in [-0.39, 0.29) is 48.6 Å². The molecule has 0 unspecified atom stereocenters. The summed E-state index contributed by atoms with van der Waals surface area (Å²) in [5.41, 5.74) is 0.255. The zero-order valence-corrected chi connectivity index (χ0v) is 17.5. The highest BCUT2D eigenvalue weighted by Gasteiger charge is 2.30. The molecule has 0 aromatic heterocycles. The average molecular weight is 419 g/mol. The van der Waals surface area contributed by atoms with Crippen molar-refractivity contribution in [2.75, 3.05) is 40.3 Å². The molecule has 2 rings (SSSR count). The van der Waals surface area contributed by atoms with Crippen molar-refractivity contribution < 1.29 is 21.6 Å². The zero-order chi connectivity index (χ0) is 20.4. The van der Waals surface area contributed by atoms with Crippen molar-refractivity contribution in [1.29, 1.82) is 0 Å². The minimum absolute atomic E-state index is 0.0240. The number of piperazine rings is 1. The Morgan fingerprint density at radius 2 is 1.67 bits per heavy atom. The molecule has 0 saturated carbocycles. The van der Waals surface area contributed by atoms with Gasteiger partial charge in [-0.2, -0.15) is 17.0 Å². The topological polar surface area (TPSA) is 107 Å². The average Bonchev–Trinajstić information content (AvgIpc) is 2.60. The van der Waals surface area contributed by atoms with Gasteiger partial charge in [0.2, 0.25) is 10.0 Å². The monoisotopic (exact) mass is 418 g/mol. The molecule has 0 atom stereocenters. The molecule has 0 radical (unpaired) electrons. The maximum absolute atomic E-state index is 12.7. The van der Waals surface area contributed by atoms with Crippen molar-refractivity contribution in [3.8, 4) is 0 Å².